The van der Waals surface area contributed by atoms with Crippen molar-refractivity contribution in [2.24, 2.45) is 0 Å². The van der Waals surface area contributed by atoms with E-state index in [2.05, 4.69) is 15.5 Å². The SMILES string of the molecule is CC[C@@H](C)NC(=O)c1cccc(-c2ccc(Oc3ccccc3OC)nn2)c1. The Hall–Kier alpha value is -3.41. The first-order valence-corrected chi connectivity index (χ1v) is 9.16. The van der Waals surface area contributed by atoms with E-state index >= 15 is 0 Å². The summed E-state index contributed by atoms with van der Waals surface area (Å²) in [6.07, 6.45) is 0.880. The first-order valence-electron chi connectivity index (χ1n) is 9.16. The quantitative estimate of drug-likeness (QED) is 0.657. The number of nitrogens with zero attached hydrogens (tertiary/aromatic N) is 2. The summed E-state index contributed by atoms with van der Waals surface area (Å²) >= 11 is 0. The molecule has 0 fully saturated rings. The van der Waals surface area contributed by atoms with Gasteiger partial charge in [0, 0.05) is 23.2 Å². The first kappa shape index (κ1) is 19.4. The number of rotatable bonds is 7. The second kappa shape index (κ2) is 8.99. The zero-order chi connectivity index (χ0) is 19.9. The number of carbonyl (C=O) groups is 1. The number of hydrogen-bond acceptors (Lipinski definition) is 5. The summed E-state index contributed by atoms with van der Waals surface area (Å²) in [6, 6.07) is 18.3. The van der Waals surface area contributed by atoms with Crippen LogP contribution in [0.3, 0.4) is 0 Å². The third kappa shape index (κ3) is 4.65. The second-order valence-corrected chi connectivity index (χ2v) is 6.37. The van der Waals surface area contributed by atoms with E-state index in [1.165, 1.54) is 0 Å². The molecule has 1 N–H and O–H groups in total. The number of amides is 1. The fourth-order valence-corrected chi connectivity index (χ4v) is 2.57. The Morgan fingerprint density at radius 1 is 1.04 bits per heavy atom. The van der Waals surface area contributed by atoms with Gasteiger partial charge in [-0.25, -0.2) is 0 Å². The van der Waals surface area contributed by atoms with Crippen LogP contribution in [0.1, 0.15) is 30.6 Å². The number of aromatic nitrogens is 2. The Balaban J connectivity index is 1.76. The molecule has 0 aliphatic heterocycles. The number of methoxy groups -OCH3 is 1. The predicted octanol–water partition coefficient (Wildman–Crippen LogP) is 4.47. The van der Waals surface area contributed by atoms with Gasteiger partial charge in [0.1, 0.15) is 0 Å². The highest BCUT2D eigenvalue weighted by Crippen LogP contribution is 2.30. The van der Waals surface area contributed by atoms with E-state index in [0.29, 0.717) is 28.6 Å². The minimum atomic E-state index is -0.0970. The predicted molar refractivity (Wildman–Crippen MR) is 108 cm³/mol. The minimum Gasteiger partial charge on any atom is -0.493 e. The topological polar surface area (TPSA) is 73.3 Å². The van der Waals surface area contributed by atoms with Gasteiger partial charge in [-0.05, 0) is 43.7 Å². The number of ether oxygens (including phenoxy) is 2. The summed E-state index contributed by atoms with van der Waals surface area (Å²) in [6.45, 7) is 4.01. The van der Waals surface area contributed by atoms with Gasteiger partial charge in [-0.2, -0.15) is 0 Å². The summed E-state index contributed by atoms with van der Waals surface area (Å²) in [5.41, 5.74) is 2.06. The number of para-hydroxylation sites is 2. The molecule has 2 aromatic carbocycles. The Bertz CT molecular complexity index is 942. The van der Waals surface area contributed by atoms with Crippen LogP contribution in [0.25, 0.3) is 11.3 Å². The van der Waals surface area contributed by atoms with Crippen LogP contribution in [0.4, 0.5) is 0 Å². The molecule has 0 spiro atoms. The molecule has 0 saturated heterocycles. The lowest BCUT2D eigenvalue weighted by atomic mass is 10.1. The maximum Gasteiger partial charge on any atom is 0.251 e. The van der Waals surface area contributed by atoms with E-state index in [4.69, 9.17) is 9.47 Å². The van der Waals surface area contributed by atoms with Crippen molar-refractivity contribution in [2.75, 3.05) is 7.11 Å². The number of benzene rings is 2. The summed E-state index contributed by atoms with van der Waals surface area (Å²) in [5.74, 6) is 1.45. The van der Waals surface area contributed by atoms with Crippen LogP contribution in [-0.2, 0) is 0 Å². The van der Waals surface area contributed by atoms with Crippen LogP contribution in [0.15, 0.2) is 60.7 Å². The molecule has 1 amide bonds. The van der Waals surface area contributed by atoms with E-state index in [-0.39, 0.29) is 11.9 Å². The summed E-state index contributed by atoms with van der Waals surface area (Å²) in [4.78, 5) is 12.3. The summed E-state index contributed by atoms with van der Waals surface area (Å²) < 4.78 is 11.0. The third-order valence-electron chi connectivity index (χ3n) is 4.33. The molecule has 6 heteroatoms. The number of hydrogen-bond donors (Lipinski definition) is 1. The molecule has 0 aliphatic rings. The van der Waals surface area contributed by atoms with E-state index < -0.39 is 0 Å². The van der Waals surface area contributed by atoms with Crippen LogP contribution in [0.2, 0.25) is 0 Å². The van der Waals surface area contributed by atoms with Gasteiger partial charge in [0.2, 0.25) is 5.88 Å². The Morgan fingerprint density at radius 3 is 2.50 bits per heavy atom. The van der Waals surface area contributed by atoms with Crippen molar-refractivity contribution in [2.45, 2.75) is 26.3 Å². The van der Waals surface area contributed by atoms with Crippen molar-refractivity contribution in [1.82, 2.24) is 15.5 Å². The average molecular weight is 377 g/mol. The normalized spacial score (nSPS) is 11.5. The Kier molecular flexibility index (Phi) is 6.22. The number of nitrogens with one attached hydrogen (secondary N) is 1. The van der Waals surface area contributed by atoms with Crippen LogP contribution in [0.5, 0.6) is 17.4 Å². The Morgan fingerprint density at radius 2 is 1.82 bits per heavy atom. The molecule has 28 heavy (non-hydrogen) atoms. The standard InChI is InChI=1S/C22H23N3O3/c1-4-15(2)23-22(26)17-9-7-8-16(14-17)18-12-13-21(25-24-18)28-20-11-6-5-10-19(20)27-3/h5-15H,4H2,1-3H3,(H,23,26)/t15-/m1/s1. The number of carbonyl (C=O) groups excluding carboxylic acids is 1. The Labute approximate surface area is 164 Å². The molecule has 0 aliphatic carbocycles. The summed E-state index contributed by atoms with van der Waals surface area (Å²) in [5, 5.41) is 11.3. The highest BCUT2D eigenvalue weighted by molar-refractivity contribution is 5.95. The van der Waals surface area contributed by atoms with Gasteiger partial charge in [-0.1, -0.05) is 31.2 Å². The smallest absolute Gasteiger partial charge is 0.251 e. The zero-order valence-corrected chi connectivity index (χ0v) is 16.2. The summed E-state index contributed by atoms with van der Waals surface area (Å²) in [7, 11) is 1.58. The maximum atomic E-state index is 12.3. The molecule has 1 atom stereocenters. The maximum absolute atomic E-state index is 12.3. The second-order valence-electron chi connectivity index (χ2n) is 6.37. The lowest BCUT2D eigenvalue weighted by molar-refractivity contribution is 0.0939. The zero-order valence-electron chi connectivity index (χ0n) is 16.2. The van der Waals surface area contributed by atoms with Gasteiger partial charge in [0.25, 0.3) is 5.91 Å². The fraction of sp³-hybridized carbons (Fsp3) is 0.227. The van der Waals surface area contributed by atoms with Gasteiger partial charge in [-0.15, -0.1) is 10.2 Å². The van der Waals surface area contributed by atoms with Crippen molar-refractivity contribution >= 4 is 5.91 Å². The minimum absolute atomic E-state index is 0.0970. The molecule has 3 rings (SSSR count). The highest BCUT2D eigenvalue weighted by atomic mass is 16.5. The van der Waals surface area contributed by atoms with Crippen LogP contribution >= 0.6 is 0 Å². The molecule has 1 aromatic heterocycles. The van der Waals surface area contributed by atoms with Gasteiger partial charge in [0.05, 0.1) is 12.8 Å². The van der Waals surface area contributed by atoms with Crippen molar-refractivity contribution in [3.63, 3.8) is 0 Å². The van der Waals surface area contributed by atoms with Gasteiger partial charge >= 0.3 is 0 Å². The molecular weight excluding hydrogens is 354 g/mol. The molecule has 3 aromatic rings. The molecule has 0 unspecified atom stereocenters. The third-order valence-corrected chi connectivity index (χ3v) is 4.33. The van der Waals surface area contributed by atoms with E-state index in [1.54, 1.807) is 25.3 Å². The van der Waals surface area contributed by atoms with Gasteiger partial charge < -0.3 is 14.8 Å². The monoisotopic (exact) mass is 377 g/mol. The molecule has 0 bridgehead atoms. The fourth-order valence-electron chi connectivity index (χ4n) is 2.57. The van der Waals surface area contributed by atoms with Crippen molar-refractivity contribution < 1.29 is 14.3 Å². The highest BCUT2D eigenvalue weighted by Gasteiger charge is 2.11. The van der Waals surface area contributed by atoms with E-state index in [0.717, 1.165) is 12.0 Å². The molecule has 6 nitrogen and oxygen atoms in total. The van der Waals surface area contributed by atoms with Crippen molar-refractivity contribution in [3.05, 3.63) is 66.2 Å². The van der Waals surface area contributed by atoms with Gasteiger partial charge in [0.15, 0.2) is 11.5 Å². The first-order chi connectivity index (χ1) is 13.6. The van der Waals surface area contributed by atoms with Crippen molar-refractivity contribution in [3.8, 4) is 28.6 Å². The molecule has 0 saturated carbocycles. The van der Waals surface area contributed by atoms with Gasteiger partial charge in [-0.3, -0.25) is 4.79 Å². The van der Waals surface area contributed by atoms with E-state index in [9.17, 15) is 4.79 Å². The van der Waals surface area contributed by atoms with Crippen LogP contribution in [-0.4, -0.2) is 29.3 Å². The average Bonchev–Trinajstić information content (AvgIpc) is 2.74. The molecular formula is C22H23N3O3. The molecule has 144 valence electrons. The largest absolute Gasteiger partial charge is 0.493 e. The van der Waals surface area contributed by atoms with Crippen LogP contribution in [0, 0.1) is 0 Å². The van der Waals surface area contributed by atoms with Crippen LogP contribution < -0.4 is 14.8 Å². The molecule has 1 heterocycles. The lowest BCUT2D eigenvalue weighted by Crippen LogP contribution is -2.31. The van der Waals surface area contributed by atoms with E-state index in [1.807, 2.05) is 56.3 Å². The molecule has 0 radical (unpaired) electrons. The lowest BCUT2D eigenvalue weighted by Gasteiger charge is -2.12. The van der Waals surface area contributed by atoms with Crippen molar-refractivity contribution in [1.29, 1.82) is 0 Å².